The summed E-state index contributed by atoms with van der Waals surface area (Å²) in [5, 5.41) is 15.0. The molecule has 1 heterocycles. The minimum absolute atomic E-state index is 0.131. The van der Waals surface area contributed by atoms with Crippen LogP contribution in [-0.2, 0) is 0 Å². The fraction of sp³-hybridized carbons (Fsp3) is 0.0556. The summed E-state index contributed by atoms with van der Waals surface area (Å²) in [5.74, 6) is -1.05. The molecule has 8 heteroatoms. The molecule has 0 saturated carbocycles. The zero-order valence-electron chi connectivity index (χ0n) is 13.6. The molecular weight excluding hydrogens is 377 g/mol. The lowest BCUT2D eigenvalue weighted by atomic mass is 10.1. The van der Waals surface area contributed by atoms with Crippen molar-refractivity contribution in [3.63, 3.8) is 0 Å². The maximum atomic E-state index is 14.3. The van der Waals surface area contributed by atoms with Crippen molar-refractivity contribution in [2.75, 3.05) is 12.1 Å². The van der Waals surface area contributed by atoms with Gasteiger partial charge in [-0.3, -0.25) is 0 Å². The number of carbonyl (C=O) groups is 1. The molecule has 0 aliphatic rings. The molecule has 0 atom stereocenters. The van der Waals surface area contributed by atoms with E-state index in [-0.39, 0.29) is 11.3 Å². The van der Waals surface area contributed by atoms with Gasteiger partial charge in [-0.05, 0) is 12.1 Å². The Labute approximate surface area is 158 Å². The van der Waals surface area contributed by atoms with E-state index in [1.807, 2.05) is 0 Å². The first-order chi connectivity index (χ1) is 12.5. The van der Waals surface area contributed by atoms with Gasteiger partial charge in [-0.2, -0.15) is 9.49 Å². The number of aromatic nitrogens is 1. The summed E-state index contributed by atoms with van der Waals surface area (Å²) < 4.78 is 14.3. The molecule has 0 radical (unpaired) electrons. The average Bonchev–Trinajstić information content (AvgIpc) is 3.02. The Kier molecular flexibility index (Phi) is 5.29. The van der Waals surface area contributed by atoms with Gasteiger partial charge in [0.2, 0.25) is 10.3 Å². The van der Waals surface area contributed by atoms with Crippen molar-refractivity contribution in [2.45, 2.75) is 0 Å². The molecule has 0 fully saturated rings. The van der Waals surface area contributed by atoms with Crippen LogP contribution in [0, 0.1) is 5.13 Å². The van der Waals surface area contributed by atoms with E-state index < -0.39 is 11.1 Å². The van der Waals surface area contributed by atoms with Crippen molar-refractivity contribution in [3.05, 3.63) is 69.8 Å². The smallest absolute Gasteiger partial charge is 0.336 e. The topological polar surface area (TPSA) is 65.8 Å². The summed E-state index contributed by atoms with van der Waals surface area (Å²) in [6.45, 7) is 0. The zero-order chi connectivity index (χ0) is 18.7. The van der Waals surface area contributed by atoms with Gasteiger partial charge in [0, 0.05) is 18.2 Å². The Bertz CT molecular complexity index is 990. The first-order valence-corrected chi connectivity index (χ1v) is 8.68. The molecule has 0 aliphatic carbocycles. The third kappa shape index (κ3) is 3.74. The predicted octanol–water partition coefficient (Wildman–Crippen LogP) is 4.77. The highest BCUT2D eigenvalue weighted by Crippen LogP contribution is 2.34. The summed E-state index contributed by atoms with van der Waals surface area (Å²) in [7, 11) is 1.61. The van der Waals surface area contributed by atoms with Crippen molar-refractivity contribution in [3.8, 4) is 11.3 Å². The Morgan fingerprint density at radius 1 is 1.27 bits per heavy atom. The van der Waals surface area contributed by atoms with Crippen molar-refractivity contribution >= 4 is 40.3 Å². The molecule has 0 aliphatic heterocycles. The molecule has 3 aromatic rings. The van der Waals surface area contributed by atoms with Crippen LogP contribution in [0.3, 0.4) is 0 Å². The highest BCUT2D eigenvalue weighted by Gasteiger charge is 2.17. The molecule has 1 N–H and O–H groups in total. The predicted molar refractivity (Wildman–Crippen MR) is 102 cm³/mol. The number of halogens is 2. The Morgan fingerprint density at radius 3 is 2.69 bits per heavy atom. The molecule has 1 aromatic heterocycles. The number of nitrogens with zero attached hydrogens (tertiary/aromatic N) is 3. The number of hydrazone groups is 1. The fourth-order valence-electron chi connectivity index (χ4n) is 2.25. The van der Waals surface area contributed by atoms with E-state index in [9.17, 15) is 14.3 Å². The van der Waals surface area contributed by atoms with Crippen LogP contribution in [-0.4, -0.2) is 29.3 Å². The van der Waals surface area contributed by atoms with Crippen LogP contribution in [0.1, 0.15) is 15.9 Å². The molecule has 5 nitrogen and oxygen atoms in total. The fourth-order valence-corrected chi connectivity index (χ4v) is 3.21. The summed E-state index contributed by atoms with van der Waals surface area (Å²) in [5.41, 5.74) is 1.23. The number of anilines is 1. The first kappa shape index (κ1) is 18.0. The van der Waals surface area contributed by atoms with E-state index in [0.29, 0.717) is 21.3 Å². The number of carboxylic acid groups (broad SMARTS) is 1. The molecule has 0 unspecified atom stereocenters. The normalized spacial score (nSPS) is 11.0. The SMILES string of the molecule is CN(N=Cc1ccccc1C(=O)O)c1nc(-c2ccccc2Cl)c(F)s1. The van der Waals surface area contributed by atoms with Gasteiger partial charge >= 0.3 is 5.97 Å². The van der Waals surface area contributed by atoms with Crippen LogP contribution in [0.25, 0.3) is 11.3 Å². The van der Waals surface area contributed by atoms with E-state index in [1.165, 1.54) is 17.3 Å². The Balaban J connectivity index is 1.88. The second-order valence-corrected chi connectivity index (χ2v) is 6.59. The van der Waals surface area contributed by atoms with E-state index in [4.69, 9.17) is 11.6 Å². The molecule has 26 heavy (non-hydrogen) atoms. The quantitative estimate of drug-likeness (QED) is 0.504. The van der Waals surface area contributed by atoms with Crippen molar-refractivity contribution in [2.24, 2.45) is 5.10 Å². The molecule has 132 valence electrons. The minimum atomic E-state index is -1.05. The second kappa shape index (κ2) is 7.63. The summed E-state index contributed by atoms with van der Waals surface area (Å²) in [4.78, 5) is 15.5. The second-order valence-electron chi connectivity index (χ2n) is 5.26. The highest BCUT2D eigenvalue weighted by molar-refractivity contribution is 7.14. The number of hydrogen-bond acceptors (Lipinski definition) is 5. The van der Waals surface area contributed by atoms with Crippen LogP contribution in [0.2, 0.25) is 5.02 Å². The maximum absolute atomic E-state index is 14.3. The van der Waals surface area contributed by atoms with Crippen LogP contribution < -0.4 is 5.01 Å². The van der Waals surface area contributed by atoms with E-state index in [1.54, 1.807) is 49.5 Å². The molecular formula is C18H13ClFN3O2S. The number of hydrogen-bond donors (Lipinski definition) is 1. The molecule has 0 saturated heterocycles. The van der Waals surface area contributed by atoms with E-state index in [0.717, 1.165) is 11.3 Å². The summed E-state index contributed by atoms with van der Waals surface area (Å²) in [6, 6.07) is 13.3. The average molecular weight is 390 g/mol. The van der Waals surface area contributed by atoms with Crippen LogP contribution in [0.5, 0.6) is 0 Å². The summed E-state index contributed by atoms with van der Waals surface area (Å²) >= 11 is 6.94. The number of aromatic carboxylic acids is 1. The van der Waals surface area contributed by atoms with Gasteiger partial charge in [0.05, 0.1) is 16.8 Å². The van der Waals surface area contributed by atoms with Gasteiger partial charge in [0.25, 0.3) is 0 Å². The van der Waals surface area contributed by atoms with Crippen molar-refractivity contribution in [1.29, 1.82) is 0 Å². The molecule has 0 amide bonds. The minimum Gasteiger partial charge on any atom is -0.478 e. The summed E-state index contributed by atoms with van der Waals surface area (Å²) in [6.07, 6.45) is 1.40. The van der Waals surface area contributed by atoms with Gasteiger partial charge in [0.1, 0.15) is 5.69 Å². The monoisotopic (exact) mass is 389 g/mol. The number of benzene rings is 2. The van der Waals surface area contributed by atoms with Gasteiger partial charge in [-0.15, -0.1) is 0 Å². The lowest BCUT2D eigenvalue weighted by Crippen LogP contribution is -2.09. The number of carboxylic acids is 1. The highest BCUT2D eigenvalue weighted by atomic mass is 35.5. The number of thiazole rings is 1. The lowest BCUT2D eigenvalue weighted by Gasteiger charge is -2.08. The molecule has 2 aromatic carbocycles. The zero-order valence-corrected chi connectivity index (χ0v) is 15.1. The van der Waals surface area contributed by atoms with Gasteiger partial charge in [0.15, 0.2) is 0 Å². The lowest BCUT2D eigenvalue weighted by molar-refractivity contribution is 0.0696. The number of rotatable bonds is 5. The van der Waals surface area contributed by atoms with Gasteiger partial charge < -0.3 is 5.11 Å². The van der Waals surface area contributed by atoms with Gasteiger partial charge in [-0.25, -0.2) is 14.8 Å². The van der Waals surface area contributed by atoms with E-state index in [2.05, 4.69) is 10.1 Å². The van der Waals surface area contributed by atoms with Crippen LogP contribution in [0.4, 0.5) is 9.52 Å². The Morgan fingerprint density at radius 2 is 1.96 bits per heavy atom. The van der Waals surface area contributed by atoms with Crippen LogP contribution >= 0.6 is 22.9 Å². The standard InChI is InChI=1S/C18H13ClFN3O2S/c1-23(21-10-11-6-2-3-7-12(11)17(24)25)18-22-15(16(20)26-18)13-8-4-5-9-14(13)19/h2-10H,1H3,(H,24,25). The van der Waals surface area contributed by atoms with Crippen molar-refractivity contribution < 1.29 is 14.3 Å². The molecule has 3 rings (SSSR count). The van der Waals surface area contributed by atoms with E-state index >= 15 is 0 Å². The third-order valence-electron chi connectivity index (χ3n) is 3.54. The van der Waals surface area contributed by atoms with Crippen LogP contribution in [0.15, 0.2) is 53.6 Å². The molecule has 0 bridgehead atoms. The van der Waals surface area contributed by atoms with Crippen molar-refractivity contribution in [1.82, 2.24) is 4.98 Å². The molecule has 0 spiro atoms. The Hall–Kier alpha value is -2.77. The first-order valence-electron chi connectivity index (χ1n) is 7.48. The third-order valence-corrected chi connectivity index (χ3v) is 4.78. The van der Waals surface area contributed by atoms with Gasteiger partial charge in [-0.1, -0.05) is 59.3 Å². The largest absolute Gasteiger partial charge is 0.478 e. The maximum Gasteiger partial charge on any atom is 0.336 e.